The van der Waals surface area contributed by atoms with Gasteiger partial charge in [0.2, 0.25) is 5.91 Å². The first-order valence-corrected chi connectivity index (χ1v) is 9.43. The lowest BCUT2D eigenvalue weighted by atomic mass is 9.90. The van der Waals surface area contributed by atoms with E-state index in [1.54, 1.807) is 12.1 Å². The Labute approximate surface area is 165 Å². The molecular formula is C22H27N3O3. The number of unbranched alkanes of at least 4 members (excludes halogenated alkanes) is 1. The number of carbonyl (C=O) groups excluding carboxylic acids is 1. The van der Waals surface area contributed by atoms with Crippen LogP contribution >= 0.6 is 0 Å². The van der Waals surface area contributed by atoms with Gasteiger partial charge in [-0.25, -0.2) is 4.79 Å². The molecule has 1 amide bonds. The Morgan fingerprint density at radius 3 is 2.29 bits per heavy atom. The van der Waals surface area contributed by atoms with E-state index < -0.39 is 17.9 Å². The van der Waals surface area contributed by atoms with Gasteiger partial charge >= 0.3 is 5.97 Å². The van der Waals surface area contributed by atoms with Gasteiger partial charge in [0.05, 0.1) is 5.92 Å². The molecule has 6 nitrogen and oxygen atoms in total. The lowest BCUT2D eigenvalue weighted by molar-refractivity contribution is -0.142. The zero-order valence-electron chi connectivity index (χ0n) is 16.0. The average molecular weight is 381 g/mol. The third kappa shape index (κ3) is 5.94. The minimum atomic E-state index is -1.01. The van der Waals surface area contributed by atoms with Gasteiger partial charge in [0.25, 0.3) is 0 Å². The Balaban J connectivity index is 2.22. The van der Waals surface area contributed by atoms with Crippen molar-refractivity contribution in [1.29, 1.82) is 5.41 Å². The molecule has 1 unspecified atom stereocenters. The van der Waals surface area contributed by atoms with Crippen molar-refractivity contribution in [2.45, 2.75) is 44.6 Å². The zero-order chi connectivity index (χ0) is 20.5. The number of amidine groups is 1. The summed E-state index contributed by atoms with van der Waals surface area (Å²) >= 11 is 0. The Morgan fingerprint density at radius 2 is 1.75 bits per heavy atom. The predicted octanol–water partition coefficient (Wildman–Crippen LogP) is 3.06. The SMILES string of the molecule is CCCCC(NC(=O)[C@@H](Cc1ccc(C(=N)N)cc1)c1ccccc1)C(=O)O. The molecule has 28 heavy (non-hydrogen) atoms. The summed E-state index contributed by atoms with van der Waals surface area (Å²) in [5.74, 6) is -1.83. The molecule has 2 aromatic carbocycles. The number of nitrogens with one attached hydrogen (secondary N) is 2. The van der Waals surface area contributed by atoms with Crippen molar-refractivity contribution >= 4 is 17.7 Å². The fourth-order valence-corrected chi connectivity index (χ4v) is 3.04. The highest BCUT2D eigenvalue weighted by atomic mass is 16.4. The van der Waals surface area contributed by atoms with Crippen LogP contribution in [0.3, 0.4) is 0 Å². The van der Waals surface area contributed by atoms with Crippen molar-refractivity contribution in [3.8, 4) is 0 Å². The molecule has 2 atom stereocenters. The standard InChI is InChI=1S/C22H27N3O3/c1-2-3-9-19(22(27)28)25-21(26)18(16-7-5-4-6-8-16)14-15-10-12-17(13-11-15)20(23)24/h4-8,10-13,18-19H,2-3,9,14H2,1H3,(H3,23,24)(H,25,26)(H,27,28)/t18-,19?/m0/s1. The largest absolute Gasteiger partial charge is 0.480 e. The van der Waals surface area contributed by atoms with Crippen molar-refractivity contribution in [2.24, 2.45) is 5.73 Å². The van der Waals surface area contributed by atoms with Crippen LogP contribution in [0.5, 0.6) is 0 Å². The summed E-state index contributed by atoms with van der Waals surface area (Å²) < 4.78 is 0. The second kappa shape index (κ2) is 10.3. The highest BCUT2D eigenvalue weighted by Crippen LogP contribution is 2.22. The number of rotatable bonds is 10. The fraction of sp³-hybridized carbons (Fsp3) is 0.318. The molecule has 0 aliphatic heterocycles. The number of hydrogen-bond donors (Lipinski definition) is 4. The van der Waals surface area contributed by atoms with Crippen LogP contribution in [-0.2, 0) is 16.0 Å². The molecule has 0 aromatic heterocycles. The van der Waals surface area contributed by atoms with Crippen LogP contribution < -0.4 is 11.1 Å². The number of carboxylic acids is 1. The van der Waals surface area contributed by atoms with Gasteiger partial charge < -0.3 is 16.2 Å². The molecule has 6 heteroatoms. The van der Waals surface area contributed by atoms with Crippen LogP contribution in [0.4, 0.5) is 0 Å². The lowest BCUT2D eigenvalue weighted by Gasteiger charge is -2.21. The molecule has 0 bridgehead atoms. The number of benzene rings is 2. The first kappa shape index (κ1) is 21.2. The second-order valence-electron chi connectivity index (χ2n) is 6.82. The molecule has 0 aliphatic rings. The highest BCUT2D eigenvalue weighted by Gasteiger charge is 2.26. The maximum Gasteiger partial charge on any atom is 0.326 e. The monoisotopic (exact) mass is 381 g/mol. The van der Waals surface area contributed by atoms with Crippen molar-refractivity contribution in [3.63, 3.8) is 0 Å². The quantitative estimate of drug-likeness (QED) is 0.374. The first-order valence-electron chi connectivity index (χ1n) is 9.43. The average Bonchev–Trinajstić information content (AvgIpc) is 2.69. The molecule has 2 rings (SSSR count). The Kier molecular flexibility index (Phi) is 7.75. The second-order valence-corrected chi connectivity index (χ2v) is 6.82. The van der Waals surface area contributed by atoms with Gasteiger partial charge in [-0.05, 0) is 24.0 Å². The van der Waals surface area contributed by atoms with E-state index in [1.165, 1.54) is 0 Å². The summed E-state index contributed by atoms with van der Waals surface area (Å²) in [4.78, 5) is 24.5. The normalized spacial score (nSPS) is 12.8. The van der Waals surface area contributed by atoms with Crippen molar-refractivity contribution in [1.82, 2.24) is 5.32 Å². The van der Waals surface area contributed by atoms with Crippen molar-refractivity contribution < 1.29 is 14.7 Å². The molecule has 0 fully saturated rings. The molecule has 0 saturated heterocycles. The van der Waals surface area contributed by atoms with E-state index in [0.29, 0.717) is 18.4 Å². The van der Waals surface area contributed by atoms with Gasteiger partial charge in [-0.3, -0.25) is 10.2 Å². The molecule has 0 heterocycles. The van der Waals surface area contributed by atoms with Gasteiger partial charge in [0.15, 0.2) is 0 Å². The lowest BCUT2D eigenvalue weighted by Crippen LogP contribution is -2.43. The van der Waals surface area contributed by atoms with E-state index in [0.717, 1.165) is 24.0 Å². The molecule has 0 saturated carbocycles. The minimum Gasteiger partial charge on any atom is -0.480 e. The van der Waals surface area contributed by atoms with Gasteiger partial charge in [-0.2, -0.15) is 0 Å². The number of carboxylic acid groups (broad SMARTS) is 1. The number of hydrogen-bond acceptors (Lipinski definition) is 3. The maximum absolute atomic E-state index is 13.0. The molecule has 0 aliphatic carbocycles. The molecule has 148 valence electrons. The number of nitrogens with two attached hydrogens (primary N) is 1. The third-order valence-corrected chi connectivity index (χ3v) is 4.68. The predicted molar refractivity (Wildman–Crippen MR) is 109 cm³/mol. The number of amides is 1. The van der Waals surface area contributed by atoms with E-state index in [4.69, 9.17) is 11.1 Å². The zero-order valence-corrected chi connectivity index (χ0v) is 16.0. The van der Waals surface area contributed by atoms with Crippen LogP contribution in [-0.4, -0.2) is 28.9 Å². The summed E-state index contributed by atoms with van der Waals surface area (Å²) in [7, 11) is 0. The van der Waals surface area contributed by atoms with E-state index in [2.05, 4.69) is 5.32 Å². The molecule has 0 spiro atoms. The minimum absolute atomic E-state index is 0.0101. The number of nitrogen functional groups attached to an aromatic ring is 1. The first-order chi connectivity index (χ1) is 13.4. The smallest absolute Gasteiger partial charge is 0.326 e. The van der Waals surface area contributed by atoms with Crippen LogP contribution in [0, 0.1) is 5.41 Å². The summed E-state index contributed by atoms with van der Waals surface area (Å²) in [6.45, 7) is 1.98. The number of carbonyl (C=O) groups is 2. The summed E-state index contributed by atoms with van der Waals surface area (Å²) in [6, 6.07) is 15.6. The Morgan fingerprint density at radius 1 is 1.11 bits per heavy atom. The fourth-order valence-electron chi connectivity index (χ4n) is 3.04. The summed E-state index contributed by atoms with van der Waals surface area (Å²) in [6.07, 6.45) is 2.44. The van der Waals surface area contributed by atoms with Crippen LogP contribution in [0.15, 0.2) is 54.6 Å². The van der Waals surface area contributed by atoms with Gasteiger partial charge in [-0.15, -0.1) is 0 Å². The maximum atomic E-state index is 13.0. The van der Waals surface area contributed by atoms with E-state index >= 15 is 0 Å². The van der Waals surface area contributed by atoms with Gasteiger partial charge in [0.1, 0.15) is 11.9 Å². The van der Waals surface area contributed by atoms with Gasteiger partial charge in [-0.1, -0.05) is 74.4 Å². The third-order valence-electron chi connectivity index (χ3n) is 4.68. The molecule has 0 radical (unpaired) electrons. The van der Waals surface area contributed by atoms with Crippen LogP contribution in [0.2, 0.25) is 0 Å². The van der Waals surface area contributed by atoms with E-state index in [9.17, 15) is 14.7 Å². The van der Waals surface area contributed by atoms with E-state index in [-0.39, 0.29) is 11.7 Å². The van der Waals surface area contributed by atoms with Crippen molar-refractivity contribution in [3.05, 3.63) is 71.3 Å². The Hall–Kier alpha value is -3.15. The summed E-state index contributed by atoms with van der Waals surface area (Å²) in [5, 5.41) is 19.6. The van der Waals surface area contributed by atoms with Gasteiger partial charge in [0, 0.05) is 5.56 Å². The Bertz CT molecular complexity index is 804. The van der Waals surface area contributed by atoms with E-state index in [1.807, 2.05) is 49.4 Å². The van der Waals surface area contributed by atoms with Crippen LogP contribution in [0.25, 0.3) is 0 Å². The molecule has 5 N–H and O–H groups in total. The molecule has 2 aromatic rings. The molecular weight excluding hydrogens is 354 g/mol. The van der Waals surface area contributed by atoms with Crippen LogP contribution in [0.1, 0.15) is 48.8 Å². The topological polar surface area (TPSA) is 116 Å². The highest BCUT2D eigenvalue weighted by molar-refractivity contribution is 5.95. The van der Waals surface area contributed by atoms with Crippen molar-refractivity contribution in [2.75, 3.05) is 0 Å². The number of aliphatic carboxylic acids is 1. The summed E-state index contributed by atoms with van der Waals surface area (Å²) in [5.41, 5.74) is 7.85.